The highest BCUT2D eigenvalue weighted by Gasteiger charge is 2.16. The van der Waals surface area contributed by atoms with Crippen LogP contribution in [0.5, 0.6) is 5.75 Å². The predicted molar refractivity (Wildman–Crippen MR) is 109 cm³/mol. The van der Waals surface area contributed by atoms with Gasteiger partial charge in [0.25, 0.3) is 0 Å². The molecule has 4 aromatic rings. The lowest BCUT2D eigenvalue weighted by Gasteiger charge is -2.20. The minimum absolute atomic E-state index is 0.289. The van der Waals surface area contributed by atoms with E-state index in [9.17, 15) is 0 Å². The van der Waals surface area contributed by atoms with Gasteiger partial charge in [-0.2, -0.15) is 0 Å². The van der Waals surface area contributed by atoms with Gasteiger partial charge in [-0.3, -0.25) is 0 Å². The van der Waals surface area contributed by atoms with Crippen molar-refractivity contribution >= 4 is 10.8 Å². The lowest BCUT2D eigenvalue weighted by Crippen LogP contribution is -2.05. The van der Waals surface area contributed by atoms with Gasteiger partial charge in [0.1, 0.15) is 5.75 Å². The zero-order valence-electron chi connectivity index (χ0n) is 14.9. The third-order valence-corrected chi connectivity index (χ3v) is 4.95. The molecule has 0 aliphatic heterocycles. The normalized spacial score (nSPS) is 12.0. The Morgan fingerprint density at radius 1 is 0.654 bits per heavy atom. The molecule has 0 fully saturated rings. The zero-order chi connectivity index (χ0) is 17.8. The van der Waals surface area contributed by atoms with Crippen molar-refractivity contribution in [1.82, 2.24) is 0 Å². The first-order chi connectivity index (χ1) is 12.8. The molecule has 4 aromatic carbocycles. The summed E-state index contributed by atoms with van der Waals surface area (Å²) in [6.45, 7) is 0. The van der Waals surface area contributed by atoms with E-state index in [1.54, 1.807) is 7.11 Å². The summed E-state index contributed by atoms with van der Waals surface area (Å²) in [5.74, 6) is 1.19. The lowest BCUT2D eigenvalue weighted by atomic mass is 9.85. The van der Waals surface area contributed by atoms with E-state index in [-0.39, 0.29) is 5.92 Å². The number of fused-ring (bicyclic) bond motifs is 1. The van der Waals surface area contributed by atoms with Crippen LogP contribution in [-0.4, -0.2) is 7.11 Å². The van der Waals surface area contributed by atoms with Gasteiger partial charge in [-0.25, -0.2) is 0 Å². The van der Waals surface area contributed by atoms with Gasteiger partial charge >= 0.3 is 0 Å². The van der Waals surface area contributed by atoms with E-state index < -0.39 is 0 Å². The molecule has 1 heteroatoms. The van der Waals surface area contributed by atoms with Crippen LogP contribution in [0.3, 0.4) is 0 Å². The molecule has 1 atom stereocenters. The third kappa shape index (κ3) is 3.48. The molecular weight excluding hydrogens is 316 g/mol. The molecule has 0 saturated carbocycles. The minimum Gasteiger partial charge on any atom is -0.497 e. The Kier molecular flexibility index (Phi) is 4.70. The molecule has 0 N–H and O–H groups in total. The molecule has 0 heterocycles. The lowest BCUT2D eigenvalue weighted by molar-refractivity contribution is 0.414. The molecule has 0 bridgehead atoms. The average Bonchev–Trinajstić information content (AvgIpc) is 2.72. The van der Waals surface area contributed by atoms with E-state index in [1.807, 2.05) is 6.07 Å². The predicted octanol–water partition coefficient (Wildman–Crippen LogP) is 6.22. The fourth-order valence-corrected chi connectivity index (χ4v) is 3.56. The quantitative estimate of drug-likeness (QED) is 0.419. The molecule has 0 amide bonds. The third-order valence-electron chi connectivity index (χ3n) is 4.95. The summed E-state index contributed by atoms with van der Waals surface area (Å²) in [6.07, 6.45) is 0.965. The molecule has 26 heavy (non-hydrogen) atoms. The Balaban J connectivity index is 1.80. The van der Waals surface area contributed by atoms with Gasteiger partial charge in [0.05, 0.1) is 7.11 Å². The number of ether oxygens (including phenoxy) is 1. The summed E-state index contributed by atoms with van der Waals surface area (Å²) in [4.78, 5) is 0. The fraction of sp³-hybridized carbons (Fsp3) is 0.120. The molecule has 0 aliphatic rings. The largest absolute Gasteiger partial charge is 0.497 e. The SMILES string of the molecule is COc1cccc(C(Cc2ccccc2)c2ccc3ccccc3c2)c1. The van der Waals surface area contributed by atoms with Crippen LogP contribution in [0.15, 0.2) is 97.1 Å². The molecule has 4 rings (SSSR count). The van der Waals surface area contributed by atoms with Crippen molar-refractivity contribution < 1.29 is 4.74 Å². The Morgan fingerprint density at radius 3 is 2.19 bits per heavy atom. The summed E-state index contributed by atoms with van der Waals surface area (Å²) >= 11 is 0. The molecular formula is C25H22O. The zero-order valence-corrected chi connectivity index (χ0v) is 14.9. The van der Waals surface area contributed by atoms with Crippen LogP contribution >= 0.6 is 0 Å². The van der Waals surface area contributed by atoms with Gasteiger partial charge in [-0.05, 0) is 46.0 Å². The Hall–Kier alpha value is -3.06. The van der Waals surface area contributed by atoms with Gasteiger partial charge < -0.3 is 4.74 Å². The van der Waals surface area contributed by atoms with Gasteiger partial charge in [-0.1, -0.05) is 84.9 Å². The van der Waals surface area contributed by atoms with Crippen LogP contribution in [0.25, 0.3) is 10.8 Å². The van der Waals surface area contributed by atoms with E-state index in [0.717, 1.165) is 12.2 Å². The van der Waals surface area contributed by atoms with Crippen LogP contribution in [0.1, 0.15) is 22.6 Å². The maximum absolute atomic E-state index is 5.46. The fourth-order valence-electron chi connectivity index (χ4n) is 3.56. The molecule has 0 radical (unpaired) electrons. The van der Waals surface area contributed by atoms with Crippen LogP contribution in [0, 0.1) is 0 Å². The van der Waals surface area contributed by atoms with E-state index >= 15 is 0 Å². The number of hydrogen-bond acceptors (Lipinski definition) is 1. The Bertz CT molecular complexity index is 1000. The summed E-state index contributed by atoms with van der Waals surface area (Å²) < 4.78 is 5.46. The second-order valence-corrected chi connectivity index (χ2v) is 6.63. The average molecular weight is 338 g/mol. The maximum Gasteiger partial charge on any atom is 0.119 e. The monoisotopic (exact) mass is 338 g/mol. The smallest absolute Gasteiger partial charge is 0.119 e. The Morgan fingerprint density at radius 2 is 1.38 bits per heavy atom. The highest BCUT2D eigenvalue weighted by atomic mass is 16.5. The molecule has 0 aromatic heterocycles. The summed E-state index contributed by atoms with van der Waals surface area (Å²) in [5.41, 5.74) is 3.96. The van der Waals surface area contributed by atoms with E-state index in [4.69, 9.17) is 4.74 Å². The Labute approximate surface area is 154 Å². The highest BCUT2D eigenvalue weighted by molar-refractivity contribution is 5.83. The maximum atomic E-state index is 5.46. The standard InChI is InChI=1S/C25H22O/c1-26-24-13-7-12-22(18-24)25(16-19-8-3-2-4-9-19)23-15-14-20-10-5-6-11-21(20)17-23/h2-15,17-18,25H,16H2,1H3. The topological polar surface area (TPSA) is 9.23 Å². The van der Waals surface area contributed by atoms with Gasteiger partial charge in [0, 0.05) is 5.92 Å². The first-order valence-electron chi connectivity index (χ1n) is 9.00. The van der Waals surface area contributed by atoms with Gasteiger partial charge in [0.15, 0.2) is 0 Å². The van der Waals surface area contributed by atoms with E-state index in [1.165, 1.54) is 27.5 Å². The number of benzene rings is 4. The second kappa shape index (κ2) is 7.45. The van der Waals surface area contributed by atoms with Crippen LogP contribution in [0.2, 0.25) is 0 Å². The van der Waals surface area contributed by atoms with Crippen LogP contribution < -0.4 is 4.74 Å². The van der Waals surface area contributed by atoms with Crippen molar-refractivity contribution in [2.75, 3.05) is 7.11 Å². The highest BCUT2D eigenvalue weighted by Crippen LogP contribution is 2.32. The number of methoxy groups -OCH3 is 1. The number of rotatable bonds is 5. The first kappa shape index (κ1) is 16.4. The molecule has 128 valence electrons. The molecule has 0 spiro atoms. The van der Waals surface area contributed by atoms with Gasteiger partial charge in [0.2, 0.25) is 0 Å². The summed E-state index contributed by atoms with van der Waals surface area (Å²) in [5, 5.41) is 2.56. The number of hydrogen-bond donors (Lipinski definition) is 0. The summed E-state index contributed by atoms with van der Waals surface area (Å²) in [7, 11) is 1.72. The van der Waals surface area contributed by atoms with Crippen molar-refractivity contribution in [1.29, 1.82) is 0 Å². The van der Waals surface area contributed by atoms with Crippen molar-refractivity contribution in [2.24, 2.45) is 0 Å². The van der Waals surface area contributed by atoms with Crippen LogP contribution in [-0.2, 0) is 6.42 Å². The van der Waals surface area contributed by atoms with E-state index in [2.05, 4.69) is 91.0 Å². The van der Waals surface area contributed by atoms with Crippen molar-refractivity contribution in [2.45, 2.75) is 12.3 Å². The molecule has 0 saturated heterocycles. The molecule has 1 unspecified atom stereocenters. The molecule has 0 aliphatic carbocycles. The van der Waals surface area contributed by atoms with E-state index in [0.29, 0.717) is 0 Å². The summed E-state index contributed by atoms with van der Waals surface area (Å²) in [6, 6.07) is 34.5. The van der Waals surface area contributed by atoms with Crippen LogP contribution in [0.4, 0.5) is 0 Å². The van der Waals surface area contributed by atoms with Crippen molar-refractivity contribution in [3.05, 3.63) is 114 Å². The van der Waals surface area contributed by atoms with Crippen molar-refractivity contribution in [3.63, 3.8) is 0 Å². The van der Waals surface area contributed by atoms with Crippen molar-refractivity contribution in [3.8, 4) is 5.75 Å². The molecule has 1 nitrogen and oxygen atoms in total. The second-order valence-electron chi connectivity index (χ2n) is 6.63. The minimum atomic E-state index is 0.289. The van der Waals surface area contributed by atoms with Gasteiger partial charge in [-0.15, -0.1) is 0 Å². The first-order valence-corrected chi connectivity index (χ1v) is 9.00.